The molecule has 1 saturated heterocycles. The molecule has 4 N–H and O–H groups in total. The van der Waals surface area contributed by atoms with Crippen LogP contribution in [0, 0.1) is 5.92 Å². The van der Waals surface area contributed by atoms with Crippen LogP contribution < -0.4 is 10.9 Å². The highest BCUT2D eigenvalue weighted by Gasteiger charge is 2.16. The lowest BCUT2D eigenvalue weighted by molar-refractivity contribution is 0.277. The van der Waals surface area contributed by atoms with Gasteiger partial charge in [0.25, 0.3) is 0 Å². The first kappa shape index (κ1) is 15.8. The molecule has 0 radical (unpaired) electrons. The maximum Gasteiger partial charge on any atom is 0.238 e. The van der Waals surface area contributed by atoms with Gasteiger partial charge in [0.1, 0.15) is 0 Å². The molecule has 0 atom stereocenters. The Bertz CT molecular complexity index is 602. The quantitative estimate of drug-likeness (QED) is 0.639. The van der Waals surface area contributed by atoms with Crippen LogP contribution in [-0.4, -0.2) is 32.4 Å². The molecule has 1 aliphatic heterocycles. The van der Waals surface area contributed by atoms with E-state index in [-0.39, 0.29) is 4.90 Å². The van der Waals surface area contributed by atoms with Crippen LogP contribution in [0.15, 0.2) is 34.2 Å². The van der Waals surface area contributed by atoms with Gasteiger partial charge in [0.15, 0.2) is 5.96 Å². The average molecular weight is 310 g/mol. The summed E-state index contributed by atoms with van der Waals surface area (Å²) in [6, 6.07) is 6.38. The van der Waals surface area contributed by atoms with Crippen LogP contribution in [0.4, 0.5) is 0 Å². The number of nitrogens with two attached hydrogens (primary N) is 2. The highest BCUT2D eigenvalue weighted by molar-refractivity contribution is 7.89. The number of sulfonamides is 1. The fraction of sp³-hybridized carbons (Fsp3) is 0.500. The molecule has 1 heterocycles. The molecule has 0 spiro atoms. The third-order valence-electron chi connectivity index (χ3n) is 3.78. The van der Waals surface area contributed by atoms with Crippen LogP contribution in [0.25, 0.3) is 0 Å². The molecule has 1 fully saturated rings. The van der Waals surface area contributed by atoms with E-state index in [1.807, 2.05) is 0 Å². The number of nitrogens with zero attached hydrogens (tertiary/aromatic N) is 2. The molecule has 0 unspecified atom stereocenters. The molecular weight excluding hydrogens is 288 g/mol. The Morgan fingerprint density at radius 1 is 1.29 bits per heavy atom. The molecule has 1 aromatic carbocycles. The molecule has 2 rings (SSSR count). The van der Waals surface area contributed by atoms with E-state index in [2.05, 4.69) is 16.8 Å². The highest BCUT2D eigenvalue weighted by atomic mass is 32.2. The molecule has 1 aromatic rings. The first-order valence-electron chi connectivity index (χ1n) is 7.03. The van der Waals surface area contributed by atoms with Crippen LogP contribution in [0.5, 0.6) is 0 Å². The van der Waals surface area contributed by atoms with Crippen molar-refractivity contribution in [3.8, 4) is 0 Å². The van der Waals surface area contributed by atoms with E-state index in [9.17, 15) is 8.42 Å². The third-order valence-corrected chi connectivity index (χ3v) is 4.71. The van der Waals surface area contributed by atoms with Crippen molar-refractivity contribution in [3.05, 3.63) is 29.8 Å². The highest BCUT2D eigenvalue weighted by Crippen LogP contribution is 2.16. The number of guanidine groups is 1. The minimum absolute atomic E-state index is 0.105. The van der Waals surface area contributed by atoms with Gasteiger partial charge in [-0.15, -0.1) is 0 Å². The summed E-state index contributed by atoms with van der Waals surface area (Å²) in [5.74, 6) is 1.30. The number of likely N-dealkylation sites (tertiary alicyclic amines) is 1. The third kappa shape index (κ3) is 4.44. The number of piperidine rings is 1. The average Bonchev–Trinajstić information content (AvgIpc) is 2.45. The van der Waals surface area contributed by atoms with Crippen molar-refractivity contribution in [2.45, 2.75) is 31.2 Å². The number of aliphatic imine (C=N–C) groups is 1. The molecule has 7 heteroatoms. The predicted molar refractivity (Wildman–Crippen MR) is 83.1 cm³/mol. The van der Waals surface area contributed by atoms with Gasteiger partial charge in [-0.25, -0.2) is 18.5 Å². The summed E-state index contributed by atoms with van der Waals surface area (Å²) in [5.41, 5.74) is 6.90. The Balaban J connectivity index is 1.97. The van der Waals surface area contributed by atoms with Crippen molar-refractivity contribution in [1.82, 2.24) is 4.90 Å². The summed E-state index contributed by atoms with van der Waals surface area (Å²) in [7, 11) is -3.64. The lowest BCUT2D eigenvalue weighted by Gasteiger charge is -2.31. The van der Waals surface area contributed by atoms with E-state index in [0.717, 1.165) is 37.4 Å². The van der Waals surface area contributed by atoms with Gasteiger partial charge in [-0.2, -0.15) is 0 Å². The van der Waals surface area contributed by atoms with Gasteiger partial charge >= 0.3 is 0 Å². The number of benzene rings is 1. The zero-order valence-electron chi connectivity index (χ0n) is 12.2. The Labute approximate surface area is 125 Å². The molecular formula is C14H22N4O2S. The summed E-state index contributed by atoms with van der Waals surface area (Å²) in [6.07, 6.45) is 2.28. The lowest BCUT2D eigenvalue weighted by atomic mass is 10.00. The van der Waals surface area contributed by atoms with Gasteiger partial charge in [0, 0.05) is 13.1 Å². The largest absolute Gasteiger partial charge is 0.370 e. The Morgan fingerprint density at radius 3 is 2.38 bits per heavy atom. The summed E-state index contributed by atoms with van der Waals surface area (Å²) < 4.78 is 22.3. The minimum Gasteiger partial charge on any atom is -0.370 e. The molecule has 0 aliphatic carbocycles. The monoisotopic (exact) mass is 310 g/mol. The van der Waals surface area contributed by atoms with Crippen molar-refractivity contribution < 1.29 is 8.42 Å². The van der Waals surface area contributed by atoms with Gasteiger partial charge in [0.2, 0.25) is 10.0 Å². The summed E-state index contributed by atoms with van der Waals surface area (Å²) in [6.45, 7) is 4.57. The number of hydrogen-bond donors (Lipinski definition) is 2. The molecule has 1 aliphatic rings. The Kier molecular flexibility index (Phi) is 4.84. The molecule has 0 saturated carbocycles. The predicted octanol–water partition coefficient (Wildman–Crippen LogP) is 0.881. The van der Waals surface area contributed by atoms with E-state index in [1.54, 1.807) is 12.1 Å². The van der Waals surface area contributed by atoms with Crippen LogP contribution in [-0.2, 0) is 16.6 Å². The first-order chi connectivity index (χ1) is 9.86. The van der Waals surface area contributed by atoms with Crippen molar-refractivity contribution in [3.63, 3.8) is 0 Å². The normalized spacial score (nSPS) is 18.0. The first-order valence-corrected chi connectivity index (χ1v) is 8.57. The van der Waals surface area contributed by atoms with Gasteiger partial charge in [0.05, 0.1) is 11.4 Å². The zero-order chi connectivity index (χ0) is 15.5. The minimum atomic E-state index is -3.64. The molecule has 6 nitrogen and oxygen atoms in total. The summed E-state index contributed by atoms with van der Waals surface area (Å²) in [4.78, 5) is 6.58. The van der Waals surface area contributed by atoms with Gasteiger partial charge in [-0.05, 0) is 36.5 Å². The Hall–Kier alpha value is -1.60. The molecule has 0 aromatic heterocycles. The van der Waals surface area contributed by atoms with E-state index in [0.29, 0.717) is 12.5 Å². The van der Waals surface area contributed by atoms with E-state index in [4.69, 9.17) is 10.9 Å². The second-order valence-corrected chi connectivity index (χ2v) is 7.09. The molecule has 21 heavy (non-hydrogen) atoms. The van der Waals surface area contributed by atoms with E-state index >= 15 is 0 Å². The maximum atomic E-state index is 11.2. The van der Waals surface area contributed by atoms with Gasteiger partial charge < -0.3 is 10.6 Å². The summed E-state index contributed by atoms with van der Waals surface area (Å²) in [5, 5.41) is 5.06. The molecule has 0 bridgehead atoms. The standard InChI is InChI=1S/C14H22N4O2S/c1-11-6-8-18(9-7-11)14(15)17-10-12-2-4-13(5-3-12)21(16,19)20/h2-5,11H,6-10H2,1H3,(H2,15,17)(H2,16,19,20). The fourth-order valence-corrected chi connectivity index (χ4v) is 2.81. The van der Waals surface area contributed by atoms with Crippen molar-refractivity contribution in [1.29, 1.82) is 0 Å². The SMILES string of the molecule is CC1CCN(C(N)=NCc2ccc(S(N)(=O)=O)cc2)CC1. The lowest BCUT2D eigenvalue weighted by Crippen LogP contribution is -2.42. The smallest absolute Gasteiger partial charge is 0.238 e. The maximum absolute atomic E-state index is 11.2. The van der Waals surface area contributed by atoms with Crippen LogP contribution >= 0.6 is 0 Å². The van der Waals surface area contributed by atoms with Crippen molar-refractivity contribution in [2.24, 2.45) is 21.8 Å². The van der Waals surface area contributed by atoms with Gasteiger partial charge in [-0.3, -0.25) is 0 Å². The molecule has 116 valence electrons. The Morgan fingerprint density at radius 2 is 1.86 bits per heavy atom. The zero-order valence-corrected chi connectivity index (χ0v) is 13.0. The summed E-state index contributed by atoms with van der Waals surface area (Å²) >= 11 is 0. The van der Waals surface area contributed by atoms with E-state index in [1.165, 1.54) is 12.1 Å². The van der Waals surface area contributed by atoms with E-state index < -0.39 is 10.0 Å². The second-order valence-electron chi connectivity index (χ2n) is 5.53. The number of rotatable bonds is 3. The topological polar surface area (TPSA) is 102 Å². The van der Waals surface area contributed by atoms with Crippen LogP contribution in [0.3, 0.4) is 0 Å². The van der Waals surface area contributed by atoms with Crippen LogP contribution in [0.2, 0.25) is 0 Å². The van der Waals surface area contributed by atoms with Crippen LogP contribution in [0.1, 0.15) is 25.3 Å². The number of primary sulfonamides is 1. The fourth-order valence-electron chi connectivity index (χ4n) is 2.29. The second kappa shape index (κ2) is 6.44. The van der Waals surface area contributed by atoms with Crippen molar-refractivity contribution in [2.75, 3.05) is 13.1 Å². The van der Waals surface area contributed by atoms with Gasteiger partial charge in [-0.1, -0.05) is 19.1 Å². The number of hydrogen-bond acceptors (Lipinski definition) is 3. The molecule has 0 amide bonds. The van der Waals surface area contributed by atoms with Crippen molar-refractivity contribution >= 4 is 16.0 Å².